The Labute approximate surface area is 172 Å². The van der Waals surface area contributed by atoms with Gasteiger partial charge in [-0.2, -0.15) is 4.31 Å². The number of nitrogens with zero attached hydrogens (tertiary/aromatic N) is 1. The number of rotatable bonds is 4. The van der Waals surface area contributed by atoms with E-state index in [1.807, 2.05) is 0 Å². The third-order valence-electron chi connectivity index (χ3n) is 4.39. The number of benzene rings is 2. The number of carbonyl (C=O) groups excluding carboxylic acids is 1. The number of carbonyl (C=O) groups is 1. The molecule has 1 fully saturated rings. The van der Waals surface area contributed by atoms with E-state index in [4.69, 9.17) is 16.3 Å². The zero-order valence-electron chi connectivity index (χ0n) is 15.7. The second-order valence-corrected chi connectivity index (χ2v) is 9.15. The first kappa shape index (κ1) is 21.6. The smallest absolute Gasteiger partial charge is 0.257 e. The lowest BCUT2D eigenvalue weighted by atomic mass is 10.2. The van der Waals surface area contributed by atoms with Crippen LogP contribution in [0.2, 0.25) is 5.02 Å². The van der Waals surface area contributed by atoms with Crippen LogP contribution in [0.4, 0.5) is 14.5 Å². The monoisotopic (exact) mass is 444 g/mol. The van der Waals surface area contributed by atoms with E-state index in [9.17, 15) is 22.0 Å². The molecule has 1 heterocycles. The van der Waals surface area contributed by atoms with Gasteiger partial charge in [0.2, 0.25) is 10.0 Å². The molecule has 2 aromatic rings. The maximum absolute atomic E-state index is 13.4. The van der Waals surface area contributed by atoms with Crippen LogP contribution in [0, 0.1) is 11.6 Å². The number of hydrogen-bond acceptors (Lipinski definition) is 4. The number of halogens is 3. The first-order valence-electron chi connectivity index (χ1n) is 8.79. The predicted octanol–water partition coefficient (Wildman–Crippen LogP) is 3.67. The van der Waals surface area contributed by atoms with Crippen LogP contribution >= 0.6 is 11.6 Å². The Morgan fingerprint density at radius 1 is 1.10 bits per heavy atom. The van der Waals surface area contributed by atoms with Crippen molar-refractivity contribution in [2.75, 3.05) is 18.4 Å². The number of anilines is 1. The molecule has 0 spiro atoms. The molecule has 0 aromatic heterocycles. The molecule has 6 nitrogen and oxygen atoms in total. The van der Waals surface area contributed by atoms with Crippen molar-refractivity contribution in [1.29, 1.82) is 0 Å². The molecule has 1 aliphatic rings. The van der Waals surface area contributed by atoms with Crippen molar-refractivity contribution >= 4 is 33.2 Å². The SMILES string of the molecule is C[C@@H]1CN(S(=O)(=O)c2ccc(NC(=O)c3cc(F)c(F)cc3Cl)cc2)C[C@H](C)O1. The second kappa shape index (κ2) is 8.35. The quantitative estimate of drug-likeness (QED) is 0.730. The highest BCUT2D eigenvalue weighted by Crippen LogP contribution is 2.24. The van der Waals surface area contributed by atoms with Crippen LogP contribution in [0.5, 0.6) is 0 Å². The van der Waals surface area contributed by atoms with Crippen molar-refractivity contribution in [1.82, 2.24) is 4.31 Å². The van der Waals surface area contributed by atoms with E-state index in [2.05, 4.69) is 5.32 Å². The number of nitrogens with one attached hydrogen (secondary N) is 1. The normalized spacial score (nSPS) is 20.4. The highest BCUT2D eigenvalue weighted by Gasteiger charge is 2.32. The van der Waals surface area contributed by atoms with E-state index in [1.165, 1.54) is 28.6 Å². The summed E-state index contributed by atoms with van der Waals surface area (Å²) in [6.07, 6.45) is -0.430. The van der Waals surface area contributed by atoms with Crippen molar-refractivity contribution in [3.05, 3.63) is 58.6 Å². The summed E-state index contributed by atoms with van der Waals surface area (Å²) in [5, 5.41) is 2.24. The zero-order chi connectivity index (χ0) is 21.3. The summed E-state index contributed by atoms with van der Waals surface area (Å²) in [5.41, 5.74) is 0.0389. The summed E-state index contributed by atoms with van der Waals surface area (Å²) in [4.78, 5) is 12.3. The highest BCUT2D eigenvalue weighted by atomic mass is 35.5. The first-order valence-corrected chi connectivity index (χ1v) is 10.6. The van der Waals surface area contributed by atoms with Gasteiger partial charge in [-0.1, -0.05) is 11.6 Å². The fourth-order valence-corrected chi connectivity index (χ4v) is 4.91. The minimum absolute atomic E-state index is 0.0719. The van der Waals surface area contributed by atoms with Crippen LogP contribution in [0.25, 0.3) is 0 Å². The molecular weight excluding hydrogens is 426 g/mol. The standard InChI is InChI=1S/C19H19ClF2N2O4S/c1-11-9-24(10-12(2)28-11)29(26,27)14-5-3-13(4-6-14)23-19(25)15-7-17(21)18(22)8-16(15)20/h3-8,11-12H,9-10H2,1-2H3,(H,23,25)/t11-,12+. The molecule has 2 atom stereocenters. The third kappa shape index (κ3) is 4.75. The van der Waals surface area contributed by atoms with Crippen molar-refractivity contribution in [2.45, 2.75) is 31.0 Å². The van der Waals surface area contributed by atoms with Crippen LogP contribution in [0.3, 0.4) is 0 Å². The fraction of sp³-hybridized carbons (Fsp3) is 0.316. The molecule has 1 N–H and O–H groups in total. The molecule has 2 aromatic carbocycles. The van der Waals surface area contributed by atoms with Gasteiger partial charge in [0.25, 0.3) is 5.91 Å². The van der Waals surface area contributed by atoms with Crippen molar-refractivity contribution < 1.29 is 26.7 Å². The molecule has 0 aliphatic carbocycles. The molecular formula is C19H19ClF2N2O4S. The van der Waals surface area contributed by atoms with Gasteiger partial charge in [-0.15, -0.1) is 0 Å². The van der Waals surface area contributed by atoms with Crippen molar-refractivity contribution in [3.63, 3.8) is 0 Å². The lowest BCUT2D eigenvalue weighted by Gasteiger charge is -2.34. The summed E-state index contributed by atoms with van der Waals surface area (Å²) >= 11 is 5.79. The van der Waals surface area contributed by atoms with E-state index in [0.717, 1.165) is 0 Å². The van der Waals surface area contributed by atoms with Gasteiger partial charge in [-0.3, -0.25) is 4.79 Å². The number of sulfonamides is 1. The summed E-state index contributed by atoms with van der Waals surface area (Å²) in [7, 11) is -3.71. The topological polar surface area (TPSA) is 75.7 Å². The Morgan fingerprint density at radius 3 is 2.24 bits per heavy atom. The van der Waals surface area contributed by atoms with Gasteiger partial charge in [-0.25, -0.2) is 17.2 Å². The molecule has 0 unspecified atom stereocenters. The van der Waals surface area contributed by atoms with Gasteiger partial charge in [0.1, 0.15) is 0 Å². The molecule has 1 saturated heterocycles. The molecule has 0 saturated carbocycles. The highest BCUT2D eigenvalue weighted by molar-refractivity contribution is 7.89. The van der Waals surface area contributed by atoms with Crippen LogP contribution in [0.1, 0.15) is 24.2 Å². The fourth-order valence-electron chi connectivity index (χ4n) is 3.08. The lowest BCUT2D eigenvalue weighted by molar-refractivity contribution is -0.0440. The second-order valence-electron chi connectivity index (χ2n) is 6.80. The Morgan fingerprint density at radius 2 is 1.66 bits per heavy atom. The maximum atomic E-state index is 13.4. The zero-order valence-corrected chi connectivity index (χ0v) is 17.2. The summed E-state index contributed by atoms with van der Waals surface area (Å²) in [5.74, 6) is -3.11. The summed E-state index contributed by atoms with van der Waals surface area (Å²) in [6.45, 7) is 4.11. The number of amides is 1. The van der Waals surface area contributed by atoms with Crippen LogP contribution in [-0.4, -0.2) is 43.9 Å². The minimum atomic E-state index is -3.71. The Balaban J connectivity index is 1.76. The van der Waals surface area contributed by atoms with E-state index >= 15 is 0 Å². The largest absolute Gasteiger partial charge is 0.373 e. The average Bonchev–Trinajstić information content (AvgIpc) is 2.64. The minimum Gasteiger partial charge on any atom is -0.373 e. The molecule has 0 bridgehead atoms. The molecule has 3 rings (SSSR count). The van der Waals surface area contributed by atoms with Gasteiger partial charge in [0.05, 0.1) is 27.7 Å². The first-order chi connectivity index (χ1) is 13.6. The van der Waals surface area contributed by atoms with Crippen LogP contribution in [-0.2, 0) is 14.8 Å². The number of ether oxygens (including phenoxy) is 1. The van der Waals surface area contributed by atoms with Crippen molar-refractivity contribution in [2.24, 2.45) is 0 Å². The van der Waals surface area contributed by atoms with E-state index in [0.29, 0.717) is 12.1 Å². The van der Waals surface area contributed by atoms with Gasteiger partial charge in [-0.05, 0) is 50.2 Å². The molecule has 0 radical (unpaired) electrons. The Kier molecular flexibility index (Phi) is 6.23. The molecule has 156 valence electrons. The van der Waals surface area contributed by atoms with E-state index in [-0.39, 0.29) is 46.5 Å². The van der Waals surface area contributed by atoms with E-state index in [1.54, 1.807) is 13.8 Å². The average molecular weight is 445 g/mol. The van der Waals surface area contributed by atoms with Gasteiger partial charge >= 0.3 is 0 Å². The molecule has 1 aliphatic heterocycles. The van der Waals surface area contributed by atoms with Crippen LogP contribution < -0.4 is 5.32 Å². The Hall–Kier alpha value is -2.07. The third-order valence-corrected chi connectivity index (χ3v) is 6.55. The van der Waals surface area contributed by atoms with Gasteiger partial charge in [0, 0.05) is 18.8 Å². The molecule has 10 heteroatoms. The number of hydrogen-bond donors (Lipinski definition) is 1. The molecule has 29 heavy (non-hydrogen) atoms. The Bertz CT molecular complexity index is 1020. The summed E-state index contributed by atoms with van der Waals surface area (Å²) < 4.78 is 59.1. The predicted molar refractivity (Wildman–Crippen MR) is 105 cm³/mol. The number of morpholine rings is 1. The van der Waals surface area contributed by atoms with Gasteiger partial charge in [0.15, 0.2) is 11.6 Å². The van der Waals surface area contributed by atoms with Crippen molar-refractivity contribution in [3.8, 4) is 0 Å². The van der Waals surface area contributed by atoms with E-state index < -0.39 is 27.6 Å². The molecule has 1 amide bonds. The maximum Gasteiger partial charge on any atom is 0.257 e. The van der Waals surface area contributed by atoms with Crippen LogP contribution in [0.15, 0.2) is 41.3 Å². The lowest BCUT2D eigenvalue weighted by Crippen LogP contribution is -2.48. The van der Waals surface area contributed by atoms with Gasteiger partial charge < -0.3 is 10.1 Å². The summed E-state index contributed by atoms with van der Waals surface area (Å²) in [6, 6.07) is 6.96.